The summed E-state index contributed by atoms with van der Waals surface area (Å²) in [6.45, 7) is 0. The Hall–Kier alpha value is -3.28. The number of rotatable bonds is 3. The first kappa shape index (κ1) is 16.2. The molecular weight excluding hydrogens is 334 g/mol. The first-order valence-electron chi connectivity index (χ1n) is 8.05. The molecule has 0 fully saturated rings. The maximum atomic E-state index is 13.2. The van der Waals surface area contributed by atoms with E-state index in [0.29, 0.717) is 45.0 Å². The molecule has 1 aliphatic rings. The molecule has 0 radical (unpaired) electrons. The van der Waals surface area contributed by atoms with Gasteiger partial charge in [0.25, 0.3) is 11.5 Å². The number of aromatic nitrogens is 1. The second kappa shape index (κ2) is 5.62. The van der Waals surface area contributed by atoms with E-state index in [2.05, 4.69) is 0 Å². The molecule has 0 amide bonds. The zero-order valence-electron chi connectivity index (χ0n) is 14.9. The van der Waals surface area contributed by atoms with Crippen LogP contribution in [0.2, 0.25) is 0 Å². The van der Waals surface area contributed by atoms with Crippen molar-refractivity contribution < 1.29 is 28.7 Å². The summed E-state index contributed by atoms with van der Waals surface area (Å²) in [5, 5.41) is 12.4. The molecule has 0 bridgehead atoms. The van der Waals surface area contributed by atoms with Gasteiger partial charge in [-0.25, -0.2) is 0 Å². The third-order valence-corrected chi connectivity index (χ3v) is 4.84. The molecule has 3 aromatic rings. The second-order valence-corrected chi connectivity index (χ2v) is 6.12. The standard InChI is InChI=1S/C20H17NO5/c1-21-6-5-10-7-15(26-4)20(23)17-11-8-13(24-2)14(25-3)9-12(11)19(22)18(21)16(10)17/h5-9H,1-4H3/p+1. The van der Waals surface area contributed by atoms with Crippen molar-refractivity contribution in [1.29, 1.82) is 0 Å². The Bertz CT molecular complexity index is 1090. The lowest BCUT2D eigenvalue weighted by molar-refractivity contribution is -0.671. The van der Waals surface area contributed by atoms with Gasteiger partial charge in [0.05, 0.1) is 26.7 Å². The molecule has 132 valence electrons. The fourth-order valence-corrected chi connectivity index (χ4v) is 3.59. The highest BCUT2D eigenvalue weighted by Gasteiger charge is 2.36. The van der Waals surface area contributed by atoms with Crippen molar-refractivity contribution in [2.24, 2.45) is 7.05 Å². The Morgan fingerprint density at radius 3 is 2.15 bits per heavy atom. The Morgan fingerprint density at radius 1 is 0.923 bits per heavy atom. The van der Waals surface area contributed by atoms with Crippen molar-refractivity contribution in [1.82, 2.24) is 0 Å². The van der Waals surface area contributed by atoms with Crippen molar-refractivity contribution >= 4 is 16.6 Å². The number of hydrogen-bond acceptors (Lipinski definition) is 5. The van der Waals surface area contributed by atoms with Crippen molar-refractivity contribution in [2.75, 3.05) is 21.3 Å². The highest BCUT2D eigenvalue weighted by Crippen LogP contribution is 2.49. The van der Waals surface area contributed by atoms with E-state index in [0.717, 1.165) is 5.39 Å². The quantitative estimate of drug-likeness (QED) is 0.574. The minimum atomic E-state index is -0.133. The highest BCUT2D eigenvalue weighted by atomic mass is 16.5. The Labute approximate surface area is 150 Å². The molecule has 1 aliphatic carbocycles. The number of ketones is 1. The van der Waals surface area contributed by atoms with Crippen molar-refractivity contribution in [2.45, 2.75) is 0 Å². The number of methoxy groups -OCH3 is 3. The summed E-state index contributed by atoms with van der Waals surface area (Å²) in [4.78, 5) is 13.2. The van der Waals surface area contributed by atoms with E-state index in [1.165, 1.54) is 21.3 Å². The first-order valence-corrected chi connectivity index (χ1v) is 8.05. The molecule has 26 heavy (non-hydrogen) atoms. The first-order chi connectivity index (χ1) is 12.5. The van der Waals surface area contributed by atoms with Crippen LogP contribution in [0.3, 0.4) is 0 Å². The molecular formula is C20H18NO5+. The normalized spacial score (nSPS) is 12.1. The van der Waals surface area contributed by atoms with Gasteiger partial charge in [0, 0.05) is 22.8 Å². The lowest BCUT2D eigenvalue weighted by Gasteiger charge is -2.21. The van der Waals surface area contributed by atoms with Crippen LogP contribution in [0.5, 0.6) is 23.0 Å². The fraction of sp³-hybridized carbons (Fsp3) is 0.200. The van der Waals surface area contributed by atoms with Gasteiger partial charge in [0.15, 0.2) is 29.2 Å². The molecule has 0 unspecified atom stereocenters. The van der Waals surface area contributed by atoms with Crippen molar-refractivity contribution in [3.63, 3.8) is 0 Å². The van der Waals surface area contributed by atoms with Crippen LogP contribution >= 0.6 is 0 Å². The third kappa shape index (κ3) is 1.98. The fourth-order valence-electron chi connectivity index (χ4n) is 3.59. The highest BCUT2D eigenvalue weighted by molar-refractivity contribution is 6.25. The van der Waals surface area contributed by atoms with E-state index in [4.69, 9.17) is 14.2 Å². The summed E-state index contributed by atoms with van der Waals surface area (Å²) in [6, 6.07) is 6.99. The zero-order valence-corrected chi connectivity index (χ0v) is 14.9. The SMILES string of the molecule is COc1cc2c(cc1OC)-c1c(O)c(OC)cc3cc[n+](C)c(c13)C2=O. The van der Waals surface area contributed by atoms with Gasteiger partial charge in [-0.2, -0.15) is 4.57 Å². The minimum Gasteiger partial charge on any atom is -0.504 e. The number of hydrogen-bond donors (Lipinski definition) is 1. The molecule has 1 aromatic heterocycles. The molecule has 0 saturated heterocycles. The molecule has 0 atom stereocenters. The minimum absolute atomic E-state index is 0.00609. The molecule has 0 spiro atoms. The van der Waals surface area contributed by atoms with Gasteiger partial charge in [-0.05, 0) is 23.6 Å². The Balaban J connectivity index is 2.23. The summed E-state index contributed by atoms with van der Waals surface area (Å²) < 4.78 is 17.8. The van der Waals surface area contributed by atoms with Gasteiger partial charge in [-0.15, -0.1) is 0 Å². The Morgan fingerprint density at radius 2 is 1.54 bits per heavy atom. The predicted molar refractivity (Wildman–Crippen MR) is 95.3 cm³/mol. The summed E-state index contributed by atoms with van der Waals surface area (Å²) in [5.41, 5.74) is 2.10. The van der Waals surface area contributed by atoms with Crippen LogP contribution < -0.4 is 18.8 Å². The lowest BCUT2D eigenvalue weighted by Crippen LogP contribution is -2.37. The van der Waals surface area contributed by atoms with Crippen molar-refractivity contribution in [3.8, 4) is 34.1 Å². The van der Waals surface area contributed by atoms with Crippen LogP contribution in [0.25, 0.3) is 21.9 Å². The number of phenols is 1. The third-order valence-electron chi connectivity index (χ3n) is 4.84. The van der Waals surface area contributed by atoms with Gasteiger partial charge < -0.3 is 19.3 Å². The number of benzene rings is 2. The molecule has 4 rings (SSSR count). The summed E-state index contributed by atoms with van der Waals surface area (Å²) in [6.07, 6.45) is 1.82. The van der Waals surface area contributed by atoms with E-state index in [-0.39, 0.29) is 11.5 Å². The smallest absolute Gasteiger partial charge is 0.262 e. The van der Waals surface area contributed by atoms with E-state index >= 15 is 0 Å². The number of pyridine rings is 1. The zero-order chi connectivity index (χ0) is 18.6. The van der Waals surface area contributed by atoms with Gasteiger partial charge in [0.1, 0.15) is 7.05 Å². The van der Waals surface area contributed by atoms with Crippen LogP contribution in [0.1, 0.15) is 16.1 Å². The number of fused-ring (bicyclic) bond motifs is 2. The maximum absolute atomic E-state index is 13.2. The molecule has 1 N–H and O–H groups in total. The number of ether oxygens (including phenoxy) is 3. The molecule has 2 aromatic carbocycles. The monoisotopic (exact) mass is 352 g/mol. The average Bonchev–Trinajstić information content (AvgIpc) is 2.66. The van der Waals surface area contributed by atoms with E-state index in [9.17, 15) is 9.90 Å². The number of phenolic OH excluding ortho intramolecular Hbond substituents is 1. The van der Waals surface area contributed by atoms with Crippen LogP contribution in [0.4, 0.5) is 0 Å². The van der Waals surface area contributed by atoms with Crippen LogP contribution in [-0.2, 0) is 7.05 Å². The summed E-state index contributed by atoms with van der Waals surface area (Å²) >= 11 is 0. The lowest BCUT2D eigenvalue weighted by atomic mass is 9.84. The maximum Gasteiger partial charge on any atom is 0.262 e. The number of carbonyl (C=O) groups is 1. The van der Waals surface area contributed by atoms with Gasteiger partial charge in [-0.1, -0.05) is 0 Å². The van der Waals surface area contributed by atoms with E-state index in [1.54, 1.807) is 22.8 Å². The summed E-state index contributed by atoms with van der Waals surface area (Å²) in [7, 11) is 6.36. The van der Waals surface area contributed by atoms with E-state index < -0.39 is 0 Å². The molecule has 6 nitrogen and oxygen atoms in total. The number of aromatic hydroxyl groups is 1. The average molecular weight is 352 g/mol. The predicted octanol–water partition coefficient (Wildman–Crippen LogP) is 2.61. The van der Waals surface area contributed by atoms with Crippen LogP contribution in [0.15, 0.2) is 30.5 Å². The summed E-state index contributed by atoms with van der Waals surface area (Å²) in [5.74, 6) is 1.15. The molecule has 1 heterocycles. The molecule has 0 aliphatic heterocycles. The van der Waals surface area contributed by atoms with Gasteiger partial charge in [0.2, 0.25) is 0 Å². The van der Waals surface area contributed by atoms with Crippen molar-refractivity contribution in [3.05, 3.63) is 41.7 Å². The van der Waals surface area contributed by atoms with Crippen LogP contribution in [-0.4, -0.2) is 32.2 Å². The Kier molecular flexibility index (Phi) is 3.50. The van der Waals surface area contributed by atoms with Crippen LogP contribution in [0, 0.1) is 0 Å². The molecule has 0 saturated carbocycles. The second-order valence-electron chi connectivity index (χ2n) is 6.12. The van der Waals surface area contributed by atoms with Gasteiger partial charge in [-0.3, -0.25) is 4.79 Å². The topological polar surface area (TPSA) is 68.9 Å². The van der Waals surface area contributed by atoms with Gasteiger partial charge >= 0.3 is 0 Å². The van der Waals surface area contributed by atoms with E-state index in [1.807, 2.05) is 19.3 Å². The number of aryl methyl sites for hydroxylation is 1. The largest absolute Gasteiger partial charge is 0.504 e. The number of carbonyl (C=O) groups excluding carboxylic acids is 1. The molecule has 6 heteroatoms. The number of nitrogens with zero attached hydrogens (tertiary/aromatic N) is 1.